The predicted octanol–water partition coefficient (Wildman–Crippen LogP) is 1.26. The van der Waals surface area contributed by atoms with E-state index in [4.69, 9.17) is 5.11 Å². The van der Waals surface area contributed by atoms with Crippen LogP contribution in [0, 0.1) is 17.7 Å². The Bertz CT molecular complexity index is 478. The monoisotopic (exact) mass is 253 g/mol. The van der Waals surface area contributed by atoms with Gasteiger partial charge in [0, 0.05) is 18.5 Å². The van der Waals surface area contributed by atoms with Crippen LogP contribution < -0.4 is 5.32 Å². The van der Waals surface area contributed by atoms with Crippen molar-refractivity contribution in [3.05, 3.63) is 35.1 Å². The highest BCUT2D eigenvalue weighted by Crippen LogP contribution is 2.10. The highest BCUT2D eigenvalue weighted by molar-refractivity contribution is 5.96. The van der Waals surface area contributed by atoms with Gasteiger partial charge in [0.1, 0.15) is 12.5 Å². The summed E-state index contributed by atoms with van der Waals surface area (Å²) in [4.78, 5) is 11.7. The van der Waals surface area contributed by atoms with Gasteiger partial charge in [0.05, 0.1) is 12.2 Å². The second-order valence-electron chi connectivity index (χ2n) is 3.41. The van der Waals surface area contributed by atoms with E-state index in [2.05, 4.69) is 17.2 Å². The van der Waals surface area contributed by atoms with Crippen LogP contribution in [-0.4, -0.2) is 30.8 Å². The van der Waals surface area contributed by atoms with Gasteiger partial charge in [0.25, 0.3) is 5.91 Å². The van der Waals surface area contributed by atoms with Crippen LogP contribution in [0.1, 0.15) is 22.3 Å². The van der Waals surface area contributed by atoms with E-state index < -0.39 is 18.4 Å². The lowest BCUT2D eigenvalue weighted by atomic mass is 10.1. The Hall–Kier alpha value is -1.93. The van der Waals surface area contributed by atoms with Crippen molar-refractivity contribution in [1.29, 1.82) is 0 Å². The fourth-order valence-corrected chi connectivity index (χ4v) is 1.29. The molecular weight excluding hydrogens is 240 g/mol. The third kappa shape index (κ3) is 4.15. The first-order valence-corrected chi connectivity index (χ1v) is 5.42. The smallest absolute Gasteiger partial charge is 0.252 e. The molecule has 1 rings (SSSR count). The van der Waals surface area contributed by atoms with Gasteiger partial charge in [-0.2, -0.15) is 0 Å². The van der Waals surface area contributed by atoms with E-state index in [1.54, 1.807) is 0 Å². The topological polar surface area (TPSA) is 49.3 Å². The number of hydrogen-bond donors (Lipinski definition) is 2. The van der Waals surface area contributed by atoms with Gasteiger partial charge in [-0.3, -0.25) is 4.79 Å². The van der Waals surface area contributed by atoms with Crippen molar-refractivity contribution in [1.82, 2.24) is 5.32 Å². The van der Waals surface area contributed by atoms with Gasteiger partial charge in [-0.25, -0.2) is 8.78 Å². The lowest BCUT2D eigenvalue weighted by Gasteiger charge is -2.05. The molecule has 0 saturated carbocycles. The summed E-state index contributed by atoms with van der Waals surface area (Å²) >= 11 is 0. The molecule has 0 aliphatic heterocycles. The van der Waals surface area contributed by atoms with Gasteiger partial charge in [-0.05, 0) is 18.2 Å². The molecule has 0 saturated heterocycles. The summed E-state index contributed by atoms with van der Waals surface area (Å²) in [5, 5.41) is 10.9. The predicted molar refractivity (Wildman–Crippen MR) is 63.3 cm³/mol. The average molecular weight is 253 g/mol. The Morgan fingerprint density at radius 2 is 2.22 bits per heavy atom. The second-order valence-corrected chi connectivity index (χ2v) is 3.41. The van der Waals surface area contributed by atoms with Crippen molar-refractivity contribution >= 4 is 5.91 Å². The zero-order chi connectivity index (χ0) is 13.4. The summed E-state index contributed by atoms with van der Waals surface area (Å²) in [5.74, 6) is 4.21. The number of amides is 1. The number of benzene rings is 1. The largest absolute Gasteiger partial charge is 0.395 e. The minimum atomic E-state index is -0.668. The van der Waals surface area contributed by atoms with Gasteiger partial charge in [0.15, 0.2) is 0 Å². The maximum atomic E-state index is 13.1. The zero-order valence-corrected chi connectivity index (χ0v) is 9.67. The van der Waals surface area contributed by atoms with Crippen molar-refractivity contribution in [3.8, 4) is 11.8 Å². The molecule has 0 radical (unpaired) electrons. The van der Waals surface area contributed by atoms with Gasteiger partial charge < -0.3 is 10.4 Å². The van der Waals surface area contributed by atoms with E-state index in [9.17, 15) is 13.6 Å². The standard InChI is InChI=1S/C13H13F2NO2/c14-6-7-16-13(18)12-5-4-11(15)9-10(12)3-1-2-8-17/h4-5,9,17H,2,6-8H2,(H,16,18). The quantitative estimate of drug-likeness (QED) is 0.794. The lowest BCUT2D eigenvalue weighted by Crippen LogP contribution is -2.26. The molecule has 3 nitrogen and oxygen atoms in total. The summed E-state index contributed by atoms with van der Waals surface area (Å²) in [6.45, 7) is -0.871. The first-order valence-electron chi connectivity index (χ1n) is 5.42. The minimum Gasteiger partial charge on any atom is -0.395 e. The molecule has 0 aliphatic rings. The fraction of sp³-hybridized carbons (Fsp3) is 0.308. The first kappa shape index (κ1) is 14.1. The maximum Gasteiger partial charge on any atom is 0.252 e. The molecular formula is C13H13F2NO2. The van der Waals surface area contributed by atoms with Gasteiger partial charge in [-0.1, -0.05) is 11.8 Å². The zero-order valence-electron chi connectivity index (χ0n) is 9.67. The third-order valence-corrected chi connectivity index (χ3v) is 2.07. The molecule has 18 heavy (non-hydrogen) atoms. The number of alkyl halides is 1. The highest BCUT2D eigenvalue weighted by Gasteiger charge is 2.10. The summed E-state index contributed by atoms with van der Waals surface area (Å²) in [6.07, 6.45) is 0.238. The molecule has 2 N–H and O–H groups in total. The summed E-state index contributed by atoms with van der Waals surface area (Å²) in [7, 11) is 0. The summed E-state index contributed by atoms with van der Waals surface area (Å²) in [6, 6.07) is 3.57. The number of carbonyl (C=O) groups is 1. The van der Waals surface area contributed by atoms with E-state index in [0.29, 0.717) is 0 Å². The Balaban J connectivity index is 2.96. The molecule has 1 aromatic rings. The number of halogens is 2. The molecule has 1 aromatic carbocycles. The van der Waals surface area contributed by atoms with Crippen LogP contribution >= 0.6 is 0 Å². The number of rotatable bonds is 4. The van der Waals surface area contributed by atoms with Crippen LogP contribution in [0.3, 0.4) is 0 Å². The number of hydrogen-bond acceptors (Lipinski definition) is 2. The number of aliphatic hydroxyl groups is 1. The summed E-state index contributed by atoms with van der Waals surface area (Å²) in [5.41, 5.74) is 0.412. The van der Waals surface area contributed by atoms with Crippen LogP contribution in [0.25, 0.3) is 0 Å². The van der Waals surface area contributed by atoms with Gasteiger partial charge in [-0.15, -0.1) is 0 Å². The number of aliphatic hydroxyl groups excluding tert-OH is 1. The minimum absolute atomic E-state index is 0.0975. The molecule has 0 heterocycles. The van der Waals surface area contributed by atoms with Crippen molar-refractivity contribution in [3.63, 3.8) is 0 Å². The average Bonchev–Trinajstić information content (AvgIpc) is 2.36. The SMILES string of the molecule is O=C(NCCF)c1ccc(F)cc1C#CCCO. The molecule has 1 amide bonds. The Morgan fingerprint density at radius 1 is 1.44 bits per heavy atom. The normalized spacial score (nSPS) is 9.50. The Labute approximate surface area is 104 Å². The van der Waals surface area contributed by atoms with E-state index in [1.807, 2.05) is 0 Å². The molecule has 5 heteroatoms. The van der Waals surface area contributed by atoms with Crippen LogP contribution in [0.4, 0.5) is 8.78 Å². The molecule has 0 atom stereocenters. The molecule has 96 valence electrons. The van der Waals surface area contributed by atoms with Crippen LogP contribution in [0.15, 0.2) is 18.2 Å². The van der Waals surface area contributed by atoms with Crippen LogP contribution in [0.5, 0.6) is 0 Å². The molecule has 0 aliphatic carbocycles. The number of carbonyl (C=O) groups excluding carboxylic acids is 1. The van der Waals surface area contributed by atoms with Crippen molar-refractivity contribution in [2.24, 2.45) is 0 Å². The molecule has 0 unspecified atom stereocenters. The van der Waals surface area contributed by atoms with E-state index in [0.717, 1.165) is 12.1 Å². The second kappa shape index (κ2) is 7.41. The van der Waals surface area contributed by atoms with Crippen LogP contribution in [-0.2, 0) is 0 Å². The Kier molecular flexibility index (Phi) is 5.81. The lowest BCUT2D eigenvalue weighted by molar-refractivity contribution is 0.0950. The fourth-order valence-electron chi connectivity index (χ4n) is 1.29. The molecule has 0 fully saturated rings. The van der Waals surface area contributed by atoms with Gasteiger partial charge >= 0.3 is 0 Å². The van der Waals surface area contributed by atoms with E-state index >= 15 is 0 Å². The Morgan fingerprint density at radius 3 is 2.89 bits per heavy atom. The van der Waals surface area contributed by atoms with E-state index in [1.165, 1.54) is 6.07 Å². The highest BCUT2D eigenvalue weighted by atomic mass is 19.1. The molecule has 0 aromatic heterocycles. The van der Waals surface area contributed by atoms with Crippen LogP contribution in [0.2, 0.25) is 0 Å². The molecule has 0 bridgehead atoms. The summed E-state index contributed by atoms with van der Waals surface area (Å²) < 4.78 is 25.0. The van der Waals surface area contributed by atoms with Crippen molar-refractivity contribution in [2.45, 2.75) is 6.42 Å². The molecule has 0 spiro atoms. The maximum absolute atomic E-state index is 13.1. The van der Waals surface area contributed by atoms with Crippen molar-refractivity contribution in [2.75, 3.05) is 19.8 Å². The van der Waals surface area contributed by atoms with E-state index in [-0.39, 0.29) is 30.7 Å². The first-order chi connectivity index (χ1) is 8.69. The van der Waals surface area contributed by atoms with Crippen molar-refractivity contribution < 1.29 is 18.7 Å². The number of nitrogens with one attached hydrogen (secondary N) is 1. The third-order valence-electron chi connectivity index (χ3n) is 2.07. The van der Waals surface area contributed by atoms with Gasteiger partial charge in [0.2, 0.25) is 0 Å².